The molecule has 4 N–H and O–H groups in total. The van der Waals surface area contributed by atoms with E-state index in [2.05, 4.69) is 0 Å². The van der Waals surface area contributed by atoms with Crippen molar-refractivity contribution in [2.24, 2.45) is 11.5 Å². The fourth-order valence-corrected chi connectivity index (χ4v) is 0.710. The fraction of sp³-hybridized carbons (Fsp3) is 0.857. The average molecular weight is 176 g/mol. The van der Waals surface area contributed by atoms with Crippen LogP contribution in [0.4, 0.5) is 0 Å². The van der Waals surface area contributed by atoms with Crippen molar-refractivity contribution in [3.05, 3.63) is 0 Å². The van der Waals surface area contributed by atoms with Crippen molar-refractivity contribution in [2.75, 3.05) is 14.2 Å². The van der Waals surface area contributed by atoms with Gasteiger partial charge in [-0.15, -0.1) is 0 Å². The molecule has 0 fully saturated rings. The van der Waals surface area contributed by atoms with Gasteiger partial charge in [-0.1, -0.05) is 0 Å². The smallest absolute Gasteiger partial charge is 0.237 e. The van der Waals surface area contributed by atoms with E-state index in [4.69, 9.17) is 20.9 Å². The van der Waals surface area contributed by atoms with E-state index in [0.29, 0.717) is 0 Å². The topological polar surface area (TPSA) is 87.6 Å². The molecular formula is C7H16N2O3. The number of carbonyl (C=O) groups is 1. The second kappa shape index (κ2) is 4.39. The molecule has 0 aromatic rings. The summed E-state index contributed by atoms with van der Waals surface area (Å²) in [5.41, 5.74) is 9.54. The van der Waals surface area contributed by atoms with Gasteiger partial charge in [0.25, 0.3) is 0 Å². The van der Waals surface area contributed by atoms with Crippen LogP contribution in [0.5, 0.6) is 0 Å². The van der Waals surface area contributed by atoms with Crippen molar-refractivity contribution in [1.82, 2.24) is 0 Å². The van der Waals surface area contributed by atoms with E-state index in [1.807, 2.05) is 0 Å². The zero-order valence-corrected chi connectivity index (χ0v) is 7.66. The van der Waals surface area contributed by atoms with Crippen molar-refractivity contribution in [3.63, 3.8) is 0 Å². The summed E-state index contributed by atoms with van der Waals surface area (Å²) in [7, 11) is 2.95. The van der Waals surface area contributed by atoms with E-state index in [9.17, 15) is 4.79 Å². The summed E-state index contributed by atoms with van der Waals surface area (Å²) in [4.78, 5) is 10.8. The summed E-state index contributed by atoms with van der Waals surface area (Å²) in [6.07, 6.45) is -0.248. The molecule has 1 unspecified atom stereocenters. The molecule has 5 nitrogen and oxygen atoms in total. The molecule has 0 saturated carbocycles. The quantitative estimate of drug-likeness (QED) is 0.537. The van der Waals surface area contributed by atoms with Crippen LogP contribution < -0.4 is 11.5 Å². The first-order chi connectivity index (χ1) is 5.44. The summed E-state index contributed by atoms with van der Waals surface area (Å²) in [6, 6.07) is 0. The van der Waals surface area contributed by atoms with Gasteiger partial charge in [-0.2, -0.15) is 0 Å². The second-order valence-electron chi connectivity index (χ2n) is 2.89. The van der Waals surface area contributed by atoms with Gasteiger partial charge in [-0.3, -0.25) is 4.79 Å². The Morgan fingerprint density at radius 1 is 1.50 bits per heavy atom. The van der Waals surface area contributed by atoms with Crippen LogP contribution in [0.1, 0.15) is 13.3 Å². The normalized spacial score (nSPS) is 16.1. The lowest BCUT2D eigenvalue weighted by atomic mass is 9.98. The Morgan fingerprint density at radius 2 is 1.92 bits per heavy atom. The number of primary amides is 1. The van der Waals surface area contributed by atoms with Gasteiger partial charge in [0.1, 0.15) is 0 Å². The number of ether oxygens (including phenoxy) is 2. The Labute approximate surface area is 72.0 Å². The molecule has 1 amide bonds. The first-order valence-electron chi connectivity index (χ1n) is 3.58. The molecule has 1 atom stereocenters. The van der Waals surface area contributed by atoms with E-state index < -0.39 is 17.7 Å². The lowest BCUT2D eigenvalue weighted by Crippen LogP contribution is -2.51. The molecule has 0 saturated heterocycles. The lowest BCUT2D eigenvalue weighted by molar-refractivity contribution is -0.135. The summed E-state index contributed by atoms with van der Waals surface area (Å²) in [5.74, 6) is -0.568. The Balaban J connectivity index is 4.12. The van der Waals surface area contributed by atoms with Gasteiger partial charge < -0.3 is 20.9 Å². The lowest BCUT2D eigenvalue weighted by Gasteiger charge is -2.24. The Morgan fingerprint density at radius 3 is 2.17 bits per heavy atom. The van der Waals surface area contributed by atoms with Gasteiger partial charge in [-0.25, -0.2) is 0 Å². The van der Waals surface area contributed by atoms with Crippen molar-refractivity contribution >= 4 is 5.91 Å². The van der Waals surface area contributed by atoms with Crippen molar-refractivity contribution in [2.45, 2.75) is 25.2 Å². The maximum absolute atomic E-state index is 10.8. The highest BCUT2D eigenvalue weighted by atomic mass is 16.7. The molecule has 0 radical (unpaired) electrons. The second-order valence-corrected chi connectivity index (χ2v) is 2.89. The molecule has 0 heterocycles. The Bertz CT molecular complexity index is 155. The van der Waals surface area contributed by atoms with E-state index in [1.165, 1.54) is 14.2 Å². The molecule has 0 spiro atoms. The number of methoxy groups -OCH3 is 2. The molecule has 0 aliphatic rings. The van der Waals surface area contributed by atoms with E-state index in [1.54, 1.807) is 6.92 Å². The Hall–Kier alpha value is -0.650. The van der Waals surface area contributed by atoms with E-state index >= 15 is 0 Å². The standard InChI is InChI=1S/C7H16N2O3/c1-7(9,6(8)10)4-5(11-2)12-3/h5H,4,9H2,1-3H3,(H2,8,10). The number of carbonyl (C=O) groups excluding carboxylic acids is 1. The third kappa shape index (κ3) is 3.17. The molecule has 0 rings (SSSR count). The molecule has 72 valence electrons. The van der Waals surface area contributed by atoms with Crippen molar-refractivity contribution in [1.29, 1.82) is 0 Å². The highest BCUT2D eigenvalue weighted by Gasteiger charge is 2.29. The Kier molecular flexibility index (Phi) is 4.16. The zero-order chi connectivity index (χ0) is 9.78. The summed E-state index contributed by atoms with van der Waals surface area (Å²) in [5, 5.41) is 0. The molecule has 0 aliphatic heterocycles. The summed E-state index contributed by atoms with van der Waals surface area (Å²) in [6.45, 7) is 1.54. The van der Waals surface area contributed by atoms with Gasteiger partial charge in [-0.05, 0) is 6.92 Å². The number of hydrogen-bond acceptors (Lipinski definition) is 4. The summed E-state index contributed by atoms with van der Waals surface area (Å²) >= 11 is 0. The first-order valence-corrected chi connectivity index (χ1v) is 3.58. The SMILES string of the molecule is COC(CC(C)(N)C(N)=O)OC. The van der Waals surface area contributed by atoms with E-state index in [0.717, 1.165) is 0 Å². The van der Waals surface area contributed by atoms with Gasteiger partial charge in [0.2, 0.25) is 5.91 Å². The average Bonchev–Trinajstić information content (AvgIpc) is 2.00. The van der Waals surface area contributed by atoms with Crippen molar-refractivity contribution in [3.8, 4) is 0 Å². The predicted molar refractivity (Wildman–Crippen MR) is 44.2 cm³/mol. The van der Waals surface area contributed by atoms with Crippen LogP contribution in [0.2, 0.25) is 0 Å². The van der Waals surface area contributed by atoms with Gasteiger partial charge in [0.05, 0.1) is 5.54 Å². The fourth-order valence-electron chi connectivity index (χ4n) is 0.710. The number of nitrogens with two attached hydrogens (primary N) is 2. The maximum Gasteiger partial charge on any atom is 0.237 e. The van der Waals surface area contributed by atoms with Crippen LogP contribution in [0.25, 0.3) is 0 Å². The van der Waals surface area contributed by atoms with Crippen LogP contribution in [-0.2, 0) is 14.3 Å². The molecule has 12 heavy (non-hydrogen) atoms. The molecule has 0 aromatic carbocycles. The third-order valence-corrected chi connectivity index (χ3v) is 1.68. The van der Waals surface area contributed by atoms with Crippen molar-refractivity contribution < 1.29 is 14.3 Å². The zero-order valence-electron chi connectivity index (χ0n) is 7.66. The van der Waals surface area contributed by atoms with Crippen LogP contribution >= 0.6 is 0 Å². The van der Waals surface area contributed by atoms with Gasteiger partial charge in [0, 0.05) is 20.6 Å². The third-order valence-electron chi connectivity index (χ3n) is 1.68. The number of amides is 1. The van der Waals surface area contributed by atoms with Crippen LogP contribution in [0, 0.1) is 0 Å². The molecular weight excluding hydrogens is 160 g/mol. The highest BCUT2D eigenvalue weighted by molar-refractivity contribution is 5.83. The van der Waals surface area contributed by atoms with E-state index in [-0.39, 0.29) is 6.42 Å². The minimum absolute atomic E-state index is 0.245. The predicted octanol–water partition coefficient (Wildman–Crippen LogP) is -0.802. The van der Waals surface area contributed by atoms with Crippen LogP contribution in [0.15, 0.2) is 0 Å². The molecule has 0 bridgehead atoms. The van der Waals surface area contributed by atoms with Crippen LogP contribution in [-0.4, -0.2) is 32.0 Å². The minimum Gasteiger partial charge on any atom is -0.368 e. The van der Waals surface area contributed by atoms with Gasteiger partial charge >= 0.3 is 0 Å². The molecule has 5 heteroatoms. The van der Waals surface area contributed by atoms with Gasteiger partial charge in [0.15, 0.2) is 6.29 Å². The summed E-state index contributed by atoms with van der Waals surface area (Å²) < 4.78 is 9.75. The number of hydrogen-bond donors (Lipinski definition) is 2. The molecule has 0 aliphatic carbocycles. The minimum atomic E-state index is -1.09. The highest BCUT2D eigenvalue weighted by Crippen LogP contribution is 2.10. The number of rotatable bonds is 5. The van der Waals surface area contributed by atoms with Crippen LogP contribution in [0.3, 0.4) is 0 Å². The maximum atomic E-state index is 10.8. The molecule has 0 aromatic heterocycles. The largest absolute Gasteiger partial charge is 0.368 e. The monoisotopic (exact) mass is 176 g/mol. The first kappa shape index (κ1) is 11.4.